The van der Waals surface area contributed by atoms with E-state index in [1.165, 1.54) is 35.7 Å². The molecule has 9 nitrogen and oxygen atoms in total. The Bertz CT molecular complexity index is 2250. The van der Waals surface area contributed by atoms with Gasteiger partial charge < -0.3 is 24.6 Å². The number of hydrogen-bond acceptors (Lipinski definition) is 7. The molecule has 51 heavy (non-hydrogen) atoms. The standard InChI is InChI=1S/C41H48N4O5S/c1-26-7-10-33(11-8-26)51(48,49)45-18-15-34-36(25-43(6)40(46)39(34)45)35-22-31(41(4,5)47)9-12-37(35)50-32-19-27(2)38(28(3)20-32)44-23-30(24-44)21-29-13-16-42-17-14-29/h7-12,15,18-20,22,25,29-30,42,47H,13-14,16-17,21,23-24H2,1-6H3. The van der Waals surface area contributed by atoms with Gasteiger partial charge in [0.05, 0.1) is 10.5 Å². The van der Waals surface area contributed by atoms with E-state index in [-0.39, 0.29) is 10.4 Å². The van der Waals surface area contributed by atoms with Gasteiger partial charge in [0.1, 0.15) is 17.0 Å². The number of benzene rings is 3. The van der Waals surface area contributed by atoms with Crippen LogP contribution >= 0.6 is 0 Å². The summed E-state index contributed by atoms with van der Waals surface area (Å²) >= 11 is 0. The molecule has 0 radical (unpaired) electrons. The van der Waals surface area contributed by atoms with Crippen LogP contribution in [0.5, 0.6) is 11.5 Å². The summed E-state index contributed by atoms with van der Waals surface area (Å²) in [4.78, 5) is 16.2. The molecule has 2 N–H and O–H groups in total. The summed E-state index contributed by atoms with van der Waals surface area (Å²) in [5, 5.41) is 15.0. The van der Waals surface area contributed by atoms with E-state index in [0.717, 1.165) is 58.7 Å². The fourth-order valence-corrected chi connectivity index (χ4v) is 9.22. The molecule has 0 atom stereocenters. The first-order chi connectivity index (χ1) is 24.2. The third-order valence-corrected chi connectivity index (χ3v) is 12.3. The molecular weight excluding hydrogens is 661 g/mol. The van der Waals surface area contributed by atoms with Gasteiger partial charge >= 0.3 is 0 Å². The lowest BCUT2D eigenvalue weighted by molar-refractivity contribution is 0.0786. The molecule has 10 heteroatoms. The van der Waals surface area contributed by atoms with Crippen molar-refractivity contribution in [2.45, 2.75) is 64.4 Å². The summed E-state index contributed by atoms with van der Waals surface area (Å²) in [7, 11) is -2.46. The topological polar surface area (TPSA) is 106 Å². The van der Waals surface area contributed by atoms with Crippen molar-refractivity contribution in [1.82, 2.24) is 13.9 Å². The lowest BCUT2D eigenvalue weighted by atomic mass is 9.83. The Morgan fingerprint density at radius 3 is 2.22 bits per heavy atom. The van der Waals surface area contributed by atoms with Gasteiger partial charge in [-0.05, 0) is 138 Å². The number of anilines is 1. The molecule has 0 amide bonds. The molecule has 2 aliphatic heterocycles. The van der Waals surface area contributed by atoms with E-state index in [4.69, 9.17) is 4.74 Å². The zero-order valence-corrected chi connectivity index (χ0v) is 31.2. The van der Waals surface area contributed by atoms with Crippen LogP contribution in [-0.2, 0) is 22.7 Å². The average Bonchev–Trinajstić information content (AvgIpc) is 3.52. The zero-order valence-electron chi connectivity index (χ0n) is 30.4. The second kappa shape index (κ2) is 13.3. The highest BCUT2D eigenvalue weighted by molar-refractivity contribution is 7.90. The minimum Gasteiger partial charge on any atom is -0.457 e. The summed E-state index contributed by atoms with van der Waals surface area (Å²) < 4.78 is 36.8. The molecule has 5 aromatic rings. The summed E-state index contributed by atoms with van der Waals surface area (Å²) in [6, 6.07) is 17.9. The third-order valence-electron chi connectivity index (χ3n) is 10.6. The highest BCUT2D eigenvalue weighted by Gasteiger charge is 2.32. The van der Waals surface area contributed by atoms with Crippen LogP contribution in [-0.4, -0.2) is 48.2 Å². The highest BCUT2D eigenvalue weighted by Crippen LogP contribution is 2.42. The maximum Gasteiger partial charge on any atom is 0.275 e. The largest absolute Gasteiger partial charge is 0.457 e. The Hall–Kier alpha value is -4.38. The van der Waals surface area contributed by atoms with Crippen molar-refractivity contribution in [2.75, 3.05) is 31.1 Å². The number of rotatable bonds is 9. The van der Waals surface area contributed by atoms with E-state index in [1.54, 1.807) is 57.4 Å². The fraction of sp³-hybridized carbons (Fsp3) is 0.390. The van der Waals surface area contributed by atoms with Crippen LogP contribution in [0.1, 0.15) is 55.4 Å². The highest BCUT2D eigenvalue weighted by atomic mass is 32.2. The number of aliphatic hydroxyl groups is 1. The second-order valence-electron chi connectivity index (χ2n) is 15.1. The van der Waals surface area contributed by atoms with Gasteiger partial charge in [-0.15, -0.1) is 0 Å². The number of nitrogens with one attached hydrogen (secondary N) is 1. The number of hydrogen-bond donors (Lipinski definition) is 2. The first-order valence-electron chi connectivity index (χ1n) is 17.9. The van der Waals surface area contributed by atoms with Crippen LogP contribution in [0.2, 0.25) is 0 Å². The van der Waals surface area contributed by atoms with E-state index in [9.17, 15) is 18.3 Å². The summed E-state index contributed by atoms with van der Waals surface area (Å²) in [6.07, 6.45) is 7.00. The Balaban J connectivity index is 1.25. The van der Waals surface area contributed by atoms with Crippen molar-refractivity contribution in [2.24, 2.45) is 18.9 Å². The fourth-order valence-electron chi connectivity index (χ4n) is 7.87. The summed E-state index contributed by atoms with van der Waals surface area (Å²) in [5.41, 5.74) is 4.80. The zero-order chi connectivity index (χ0) is 36.2. The van der Waals surface area contributed by atoms with Crippen molar-refractivity contribution in [3.63, 3.8) is 0 Å². The molecule has 2 aliphatic rings. The monoisotopic (exact) mass is 708 g/mol. The smallest absolute Gasteiger partial charge is 0.275 e. The summed E-state index contributed by atoms with van der Waals surface area (Å²) in [5.74, 6) is 2.77. The number of nitrogens with zero attached hydrogens (tertiary/aromatic N) is 3. The number of aryl methyl sites for hydroxylation is 4. The molecule has 7 rings (SSSR count). The van der Waals surface area contributed by atoms with Gasteiger partial charge in [-0.2, -0.15) is 0 Å². The molecule has 4 heterocycles. The number of aromatic nitrogens is 2. The van der Waals surface area contributed by atoms with Crippen molar-refractivity contribution >= 4 is 26.6 Å². The minimum atomic E-state index is -4.07. The minimum absolute atomic E-state index is 0.0410. The van der Waals surface area contributed by atoms with Gasteiger partial charge in [-0.1, -0.05) is 23.8 Å². The molecule has 0 saturated carbocycles. The van der Waals surface area contributed by atoms with E-state index >= 15 is 0 Å². The maximum atomic E-state index is 13.8. The molecule has 3 aromatic carbocycles. The van der Waals surface area contributed by atoms with Crippen LogP contribution in [0, 0.1) is 32.6 Å². The van der Waals surface area contributed by atoms with Crippen LogP contribution in [0.15, 0.2) is 82.7 Å². The molecule has 0 unspecified atom stereocenters. The van der Waals surface area contributed by atoms with Crippen LogP contribution < -0.4 is 20.5 Å². The third kappa shape index (κ3) is 6.72. The molecule has 2 aromatic heterocycles. The average molecular weight is 709 g/mol. The van der Waals surface area contributed by atoms with E-state index in [1.807, 2.05) is 25.1 Å². The van der Waals surface area contributed by atoms with Crippen molar-refractivity contribution < 1.29 is 18.3 Å². The SMILES string of the molecule is Cc1ccc(S(=O)(=O)n2ccc3c(-c4cc(C(C)(C)O)ccc4Oc4cc(C)c(N5CC(CC6CCNCC6)C5)c(C)c4)cn(C)c(=O)c32)cc1. The quantitative estimate of drug-likeness (QED) is 0.170. The van der Waals surface area contributed by atoms with Crippen molar-refractivity contribution in [3.8, 4) is 22.6 Å². The van der Waals surface area contributed by atoms with Crippen LogP contribution in [0.25, 0.3) is 22.0 Å². The first kappa shape index (κ1) is 35.0. The molecule has 0 spiro atoms. The van der Waals surface area contributed by atoms with E-state index in [0.29, 0.717) is 33.6 Å². The van der Waals surface area contributed by atoms with Gasteiger partial charge in [0.25, 0.3) is 15.6 Å². The molecule has 2 saturated heterocycles. The summed E-state index contributed by atoms with van der Waals surface area (Å²) in [6.45, 7) is 14.0. The van der Waals surface area contributed by atoms with Crippen molar-refractivity contribution in [3.05, 3.63) is 106 Å². The molecule has 2 fully saturated rings. The molecular formula is C41H48N4O5S. The van der Waals surface area contributed by atoms with Gasteiger partial charge in [-0.25, -0.2) is 12.4 Å². The number of ether oxygens (including phenoxy) is 1. The second-order valence-corrected chi connectivity index (χ2v) is 16.9. The number of piperidine rings is 1. The Kier molecular flexibility index (Phi) is 9.14. The predicted octanol–water partition coefficient (Wildman–Crippen LogP) is 7.01. The van der Waals surface area contributed by atoms with Gasteiger partial charge in [0.15, 0.2) is 0 Å². The maximum absolute atomic E-state index is 13.8. The van der Waals surface area contributed by atoms with Gasteiger partial charge in [0, 0.05) is 54.7 Å². The number of pyridine rings is 1. The number of fused-ring (bicyclic) bond motifs is 1. The molecule has 268 valence electrons. The Morgan fingerprint density at radius 1 is 0.902 bits per heavy atom. The van der Waals surface area contributed by atoms with Crippen molar-refractivity contribution in [1.29, 1.82) is 0 Å². The van der Waals surface area contributed by atoms with Crippen LogP contribution in [0.3, 0.4) is 0 Å². The molecule has 0 bridgehead atoms. The Morgan fingerprint density at radius 2 is 1.57 bits per heavy atom. The predicted molar refractivity (Wildman–Crippen MR) is 204 cm³/mol. The van der Waals surface area contributed by atoms with Crippen LogP contribution in [0.4, 0.5) is 5.69 Å². The van der Waals surface area contributed by atoms with E-state index < -0.39 is 21.2 Å². The lowest BCUT2D eigenvalue weighted by Gasteiger charge is -2.44. The van der Waals surface area contributed by atoms with E-state index in [2.05, 4.69) is 36.2 Å². The Labute approximate surface area is 300 Å². The lowest BCUT2D eigenvalue weighted by Crippen LogP contribution is -2.48. The molecule has 0 aliphatic carbocycles. The first-order valence-corrected chi connectivity index (χ1v) is 19.3. The normalized spacial score (nSPS) is 16.1. The van der Waals surface area contributed by atoms with Gasteiger partial charge in [0.2, 0.25) is 0 Å². The van der Waals surface area contributed by atoms with Gasteiger partial charge in [-0.3, -0.25) is 4.79 Å².